The van der Waals surface area contributed by atoms with E-state index in [0.29, 0.717) is 33.9 Å². The van der Waals surface area contributed by atoms with Crippen LogP contribution in [0.2, 0.25) is 0 Å². The van der Waals surface area contributed by atoms with Gasteiger partial charge in [0, 0.05) is 23.5 Å². The van der Waals surface area contributed by atoms with E-state index in [1.807, 2.05) is 6.07 Å². The quantitative estimate of drug-likeness (QED) is 0.778. The normalized spacial score (nSPS) is 10.6. The van der Waals surface area contributed by atoms with Crippen molar-refractivity contribution in [2.24, 2.45) is 0 Å². The summed E-state index contributed by atoms with van der Waals surface area (Å²) in [5, 5.41) is 9.69. The number of rotatable bonds is 5. The van der Waals surface area contributed by atoms with Gasteiger partial charge in [-0.3, -0.25) is 0 Å². The van der Waals surface area contributed by atoms with Crippen molar-refractivity contribution >= 4 is 11.5 Å². The minimum atomic E-state index is -1.00. The molecule has 0 bridgehead atoms. The molecule has 0 amide bonds. The maximum atomic E-state index is 11.8. The van der Waals surface area contributed by atoms with Gasteiger partial charge in [0.25, 0.3) is 0 Å². The van der Waals surface area contributed by atoms with E-state index in [2.05, 4.69) is 0 Å². The maximum Gasteiger partial charge on any atom is 0.338 e. The van der Waals surface area contributed by atoms with E-state index < -0.39 is 5.97 Å². The molecule has 2 aromatic heterocycles. The van der Waals surface area contributed by atoms with E-state index >= 15 is 0 Å². The van der Waals surface area contributed by atoms with Crippen molar-refractivity contribution in [3.05, 3.63) is 48.3 Å². The Kier molecular flexibility index (Phi) is 4.04. The van der Waals surface area contributed by atoms with Crippen LogP contribution in [0.15, 0.2) is 42.7 Å². The molecular weight excluding hydrogens is 310 g/mol. The zero-order valence-electron chi connectivity index (χ0n) is 13.6. The Morgan fingerprint density at radius 2 is 1.71 bits per heavy atom. The minimum absolute atomic E-state index is 0.209. The van der Waals surface area contributed by atoms with Gasteiger partial charge in [0.1, 0.15) is 0 Å². The topological polar surface area (TPSA) is 69.4 Å². The van der Waals surface area contributed by atoms with Crippen LogP contribution in [0.4, 0.5) is 0 Å². The molecule has 3 aromatic rings. The number of carboxylic acid groups (broad SMARTS) is 1. The highest BCUT2D eigenvalue weighted by Crippen LogP contribution is 2.45. The molecule has 24 heavy (non-hydrogen) atoms. The molecule has 0 saturated heterocycles. The Hall–Kier alpha value is -3.15. The fraction of sp³-hybridized carbons (Fsp3) is 0.167. The minimum Gasteiger partial charge on any atom is -0.493 e. The van der Waals surface area contributed by atoms with Crippen LogP contribution in [0.5, 0.6) is 17.2 Å². The van der Waals surface area contributed by atoms with Crippen molar-refractivity contribution in [2.75, 3.05) is 21.3 Å². The highest BCUT2D eigenvalue weighted by atomic mass is 16.5. The molecule has 0 atom stereocenters. The van der Waals surface area contributed by atoms with Crippen LogP contribution in [-0.4, -0.2) is 36.8 Å². The molecule has 1 aromatic carbocycles. The van der Waals surface area contributed by atoms with Gasteiger partial charge in [0.15, 0.2) is 11.5 Å². The molecule has 0 aliphatic rings. The number of fused-ring (bicyclic) bond motifs is 1. The maximum absolute atomic E-state index is 11.8. The highest BCUT2D eigenvalue weighted by Gasteiger charge is 2.24. The number of pyridine rings is 1. The molecule has 0 aliphatic heterocycles. The molecule has 0 unspecified atom stereocenters. The van der Waals surface area contributed by atoms with Crippen LogP contribution >= 0.6 is 0 Å². The first-order valence-electron chi connectivity index (χ1n) is 7.24. The molecule has 0 radical (unpaired) electrons. The molecule has 0 fully saturated rings. The monoisotopic (exact) mass is 327 g/mol. The third kappa shape index (κ3) is 2.32. The summed E-state index contributed by atoms with van der Waals surface area (Å²) in [6.07, 6.45) is 3.57. The molecule has 0 spiro atoms. The molecule has 1 N–H and O–H groups in total. The Morgan fingerprint density at radius 1 is 0.958 bits per heavy atom. The first kappa shape index (κ1) is 15.7. The van der Waals surface area contributed by atoms with Gasteiger partial charge in [-0.15, -0.1) is 0 Å². The lowest BCUT2D eigenvalue weighted by molar-refractivity contribution is 0.0700. The molecular formula is C18H17NO5. The van der Waals surface area contributed by atoms with Gasteiger partial charge in [-0.1, -0.05) is 6.07 Å². The van der Waals surface area contributed by atoms with E-state index in [-0.39, 0.29) is 5.56 Å². The Bertz CT molecular complexity index is 913. The second-order valence-corrected chi connectivity index (χ2v) is 5.10. The van der Waals surface area contributed by atoms with E-state index in [9.17, 15) is 9.90 Å². The van der Waals surface area contributed by atoms with Crippen LogP contribution in [0.25, 0.3) is 16.6 Å². The standard InChI is InChI=1S/C18H17NO5/c1-22-14-8-7-11(16(23-2)17(14)24-3)12-10-19-9-5-4-6-13(19)15(12)18(20)21/h4-10H,1-3H3,(H,20,21). The molecule has 124 valence electrons. The number of hydrogen-bond donors (Lipinski definition) is 1. The Labute approximate surface area is 138 Å². The van der Waals surface area contributed by atoms with Crippen LogP contribution in [0, 0.1) is 0 Å². The number of carboxylic acids is 1. The molecule has 6 heteroatoms. The summed E-state index contributed by atoms with van der Waals surface area (Å²) in [5.41, 5.74) is 1.99. The summed E-state index contributed by atoms with van der Waals surface area (Å²) in [5.74, 6) is 0.355. The third-order valence-electron chi connectivity index (χ3n) is 3.89. The molecule has 6 nitrogen and oxygen atoms in total. The van der Waals surface area contributed by atoms with Gasteiger partial charge in [-0.2, -0.15) is 0 Å². The van der Waals surface area contributed by atoms with Crippen LogP contribution < -0.4 is 14.2 Å². The van der Waals surface area contributed by atoms with Gasteiger partial charge in [0.2, 0.25) is 5.75 Å². The average Bonchev–Trinajstić information content (AvgIpc) is 2.99. The number of hydrogen-bond acceptors (Lipinski definition) is 4. The number of aromatic carboxylic acids is 1. The second-order valence-electron chi connectivity index (χ2n) is 5.10. The second kappa shape index (κ2) is 6.16. The van der Waals surface area contributed by atoms with Crippen molar-refractivity contribution in [1.29, 1.82) is 0 Å². The van der Waals surface area contributed by atoms with E-state index in [0.717, 1.165) is 0 Å². The molecule has 0 aliphatic carbocycles. The largest absolute Gasteiger partial charge is 0.493 e. The van der Waals surface area contributed by atoms with Gasteiger partial charge in [-0.25, -0.2) is 4.79 Å². The van der Waals surface area contributed by atoms with E-state index in [1.165, 1.54) is 21.3 Å². The van der Waals surface area contributed by atoms with Gasteiger partial charge in [-0.05, 0) is 24.3 Å². The highest BCUT2D eigenvalue weighted by molar-refractivity contribution is 6.04. The van der Waals surface area contributed by atoms with Gasteiger partial charge < -0.3 is 23.7 Å². The number of nitrogens with zero attached hydrogens (tertiary/aromatic N) is 1. The lowest BCUT2D eigenvalue weighted by atomic mass is 10.0. The predicted molar refractivity (Wildman–Crippen MR) is 89.4 cm³/mol. The summed E-state index contributed by atoms with van der Waals surface area (Å²) >= 11 is 0. The fourth-order valence-corrected chi connectivity index (χ4v) is 2.86. The van der Waals surface area contributed by atoms with Gasteiger partial charge >= 0.3 is 5.97 Å². The summed E-state index contributed by atoms with van der Waals surface area (Å²) in [4.78, 5) is 11.8. The van der Waals surface area contributed by atoms with E-state index in [4.69, 9.17) is 14.2 Å². The molecule has 3 rings (SSSR count). The predicted octanol–water partition coefficient (Wildman–Crippen LogP) is 3.33. The molecule has 2 heterocycles. The van der Waals surface area contributed by atoms with Crippen molar-refractivity contribution in [3.8, 4) is 28.4 Å². The zero-order valence-corrected chi connectivity index (χ0v) is 13.6. The number of methoxy groups -OCH3 is 3. The van der Waals surface area contributed by atoms with Crippen molar-refractivity contribution < 1.29 is 24.1 Å². The Balaban J connectivity index is 2.36. The number of benzene rings is 1. The summed E-state index contributed by atoms with van der Waals surface area (Å²) in [6, 6.07) is 8.90. The van der Waals surface area contributed by atoms with Crippen molar-refractivity contribution in [2.45, 2.75) is 0 Å². The first-order chi connectivity index (χ1) is 11.6. The first-order valence-corrected chi connectivity index (χ1v) is 7.24. The fourth-order valence-electron chi connectivity index (χ4n) is 2.86. The third-order valence-corrected chi connectivity index (χ3v) is 3.89. The van der Waals surface area contributed by atoms with Crippen molar-refractivity contribution in [1.82, 2.24) is 4.40 Å². The average molecular weight is 327 g/mol. The number of ether oxygens (including phenoxy) is 3. The number of carbonyl (C=O) groups is 1. The molecule has 0 saturated carbocycles. The zero-order chi connectivity index (χ0) is 17.3. The van der Waals surface area contributed by atoms with E-state index in [1.54, 1.807) is 41.1 Å². The van der Waals surface area contributed by atoms with Crippen LogP contribution in [-0.2, 0) is 0 Å². The van der Waals surface area contributed by atoms with Crippen LogP contribution in [0.1, 0.15) is 10.4 Å². The summed E-state index contributed by atoms with van der Waals surface area (Å²) < 4.78 is 17.9. The Morgan fingerprint density at radius 3 is 2.33 bits per heavy atom. The van der Waals surface area contributed by atoms with Crippen molar-refractivity contribution in [3.63, 3.8) is 0 Å². The summed E-state index contributed by atoms with van der Waals surface area (Å²) in [7, 11) is 4.56. The lowest BCUT2D eigenvalue weighted by Crippen LogP contribution is -2.00. The van der Waals surface area contributed by atoms with Crippen LogP contribution in [0.3, 0.4) is 0 Å². The SMILES string of the molecule is COc1ccc(-c2cn3ccccc3c2C(=O)O)c(OC)c1OC. The lowest BCUT2D eigenvalue weighted by Gasteiger charge is -2.15. The smallest absolute Gasteiger partial charge is 0.338 e. The van der Waals surface area contributed by atoms with Gasteiger partial charge in [0.05, 0.1) is 32.4 Å². The summed E-state index contributed by atoms with van der Waals surface area (Å²) in [6.45, 7) is 0. The number of aromatic nitrogens is 1.